The van der Waals surface area contributed by atoms with Gasteiger partial charge in [0.15, 0.2) is 0 Å². The second-order valence-electron chi connectivity index (χ2n) is 16.7. The first kappa shape index (κ1) is 36.9. The highest BCUT2D eigenvalue weighted by Crippen LogP contribution is 2.50. The van der Waals surface area contributed by atoms with Crippen LogP contribution in [-0.2, 0) is 19.2 Å². The number of carbonyl (C=O) groups excluding carboxylic acids is 8. The third kappa shape index (κ3) is 4.90. The molecular weight excluding hydrogens is 692 g/mol. The molecule has 4 aliphatic rings. The molecule has 8 amide bonds. The molecule has 54 heavy (non-hydrogen) atoms. The van der Waals surface area contributed by atoms with E-state index in [1.54, 1.807) is 96.9 Å². The molecule has 14 heteroatoms. The second kappa shape index (κ2) is 12.1. The van der Waals surface area contributed by atoms with Gasteiger partial charge in [0.1, 0.15) is 12.0 Å². The molecule has 2 saturated heterocycles. The zero-order valence-electron chi connectivity index (χ0n) is 35.3. The van der Waals surface area contributed by atoms with Crippen molar-refractivity contribution in [1.82, 2.24) is 20.4 Å². The third-order valence-corrected chi connectivity index (χ3v) is 13.3. The maximum absolute atomic E-state index is 13.3. The molecule has 0 unspecified atom stereocenters. The van der Waals surface area contributed by atoms with Gasteiger partial charge in [-0.05, 0) is 74.9 Å². The van der Waals surface area contributed by atoms with E-state index in [0.29, 0.717) is 32.1 Å². The number of nitrogen functional groups attached to an aromatic ring is 2. The maximum atomic E-state index is 13.3. The molecular formula is C40H50N6O8. The lowest BCUT2D eigenvalue weighted by Gasteiger charge is -2.50. The van der Waals surface area contributed by atoms with Gasteiger partial charge >= 0.3 is 0 Å². The number of hydrogen-bond acceptors (Lipinski definition) is 10. The number of carbonyl (C=O) groups is 8. The molecule has 288 valence electrons. The van der Waals surface area contributed by atoms with Gasteiger partial charge in [-0.25, -0.2) is 0 Å². The van der Waals surface area contributed by atoms with E-state index in [1.165, 1.54) is 0 Å². The van der Waals surface area contributed by atoms with Crippen LogP contribution in [0.4, 0.5) is 11.4 Å². The molecule has 0 aromatic heterocycles. The highest BCUT2D eigenvalue weighted by atomic mass is 16.2. The maximum Gasteiger partial charge on any atom is 0.264 e. The van der Waals surface area contributed by atoms with Crippen LogP contribution in [-0.4, -0.2) is 69.1 Å². The first-order valence-electron chi connectivity index (χ1n) is 18.6. The summed E-state index contributed by atoms with van der Waals surface area (Å²) in [6, 6.07) is -4.64. The van der Waals surface area contributed by atoms with Crippen molar-refractivity contribution in [2.24, 2.45) is 21.7 Å². The van der Waals surface area contributed by atoms with Crippen LogP contribution >= 0.6 is 0 Å². The first-order chi connectivity index (χ1) is 25.3. The Morgan fingerprint density at radius 3 is 1.00 bits per heavy atom. The van der Waals surface area contributed by atoms with Gasteiger partial charge in [0.25, 0.3) is 23.6 Å². The molecule has 0 aliphatic carbocycles. The summed E-state index contributed by atoms with van der Waals surface area (Å²) in [6.07, 6.45) is 0. The van der Waals surface area contributed by atoms with Crippen LogP contribution in [0.5, 0.6) is 0 Å². The molecule has 4 aliphatic heterocycles. The van der Waals surface area contributed by atoms with Crippen molar-refractivity contribution in [1.29, 1.82) is 0 Å². The fraction of sp³-hybridized carbons (Fsp3) is 0.500. The van der Waals surface area contributed by atoms with Gasteiger partial charge < -0.3 is 11.5 Å². The van der Waals surface area contributed by atoms with E-state index < -0.39 is 81.0 Å². The van der Waals surface area contributed by atoms with E-state index in [-0.39, 0.29) is 33.6 Å². The van der Waals surface area contributed by atoms with E-state index in [9.17, 15) is 38.4 Å². The lowest BCUT2D eigenvalue weighted by atomic mass is 9.60. The Balaban J connectivity index is 0.000000214. The van der Waals surface area contributed by atoms with E-state index in [0.717, 1.165) is 11.1 Å². The van der Waals surface area contributed by atoms with Crippen molar-refractivity contribution in [3.8, 4) is 0 Å². The van der Waals surface area contributed by atoms with Crippen molar-refractivity contribution in [2.75, 3.05) is 11.5 Å². The zero-order valence-corrected chi connectivity index (χ0v) is 33.3. The lowest BCUT2D eigenvalue weighted by molar-refractivity contribution is -0.156. The van der Waals surface area contributed by atoms with Crippen LogP contribution in [0.2, 0.25) is 0 Å². The Labute approximate surface area is 317 Å². The van der Waals surface area contributed by atoms with Gasteiger partial charge in [-0.3, -0.25) is 58.8 Å². The fourth-order valence-electron chi connectivity index (χ4n) is 7.50. The van der Waals surface area contributed by atoms with E-state index in [2.05, 4.69) is 10.6 Å². The molecule has 14 nitrogen and oxygen atoms in total. The van der Waals surface area contributed by atoms with Crippen molar-refractivity contribution in [3.05, 3.63) is 55.6 Å². The number of rotatable bonds is 2. The minimum absolute atomic E-state index is 0.0236. The van der Waals surface area contributed by atoms with Crippen molar-refractivity contribution in [2.45, 2.75) is 109 Å². The minimum Gasteiger partial charge on any atom is -0.398 e. The summed E-state index contributed by atoms with van der Waals surface area (Å²) in [4.78, 5) is 105. The molecule has 6 N–H and O–H groups in total. The summed E-state index contributed by atoms with van der Waals surface area (Å²) in [5, 5.41) is 4.34. The molecule has 6 rings (SSSR count). The largest absolute Gasteiger partial charge is 0.398 e. The van der Waals surface area contributed by atoms with Crippen LogP contribution in [0.3, 0.4) is 0 Å². The van der Waals surface area contributed by atoms with E-state index in [4.69, 9.17) is 14.2 Å². The summed E-state index contributed by atoms with van der Waals surface area (Å²) in [6.45, 7) is 23.1. The Morgan fingerprint density at radius 1 is 0.463 bits per heavy atom. The standard InChI is InChI=1S/2C20H25N3O4/c2*1-8-9(2)11-12(13(21)10(8)3)17(26)23(16(11)25)14-15(24)22-18(27)20(6,7)19(14,4)5/h2*14H,21H2,1-7H3,(H,22,24,27)/t2*14-/m10/s1/i2*14D. The van der Waals surface area contributed by atoms with Gasteiger partial charge in [0, 0.05) is 22.2 Å². The predicted molar refractivity (Wildman–Crippen MR) is 200 cm³/mol. The normalized spacial score (nSPS) is 26.8. The average Bonchev–Trinajstić information content (AvgIpc) is 3.53. The summed E-state index contributed by atoms with van der Waals surface area (Å²) in [5.74, 6) is -6.15. The SMILES string of the molecule is [2H][C@@]1(N2C(=O)c3c(C)c(C)c(C)c(N)c3C2=O)C(=O)NC(=O)C(C)(C)C1(C)C.[2H][C@]1(N2C(=O)c3c(C)c(C)c(C)c(N)c3C2=O)C(=O)NC(=O)C(C)(C)C1(C)C. The van der Waals surface area contributed by atoms with Gasteiger partial charge in [0.05, 0.1) is 35.8 Å². The predicted octanol–water partition coefficient (Wildman–Crippen LogP) is 3.73. The number of imide groups is 4. The number of nitrogens with one attached hydrogen (secondary N) is 2. The van der Waals surface area contributed by atoms with Gasteiger partial charge in [-0.15, -0.1) is 0 Å². The highest BCUT2D eigenvalue weighted by Gasteiger charge is 2.62. The average molecular weight is 745 g/mol. The smallest absolute Gasteiger partial charge is 0.264 e. The quantitative estimate of drug-likeness (QED) is 0.258. The Morgan fingerprint density at radius 2 is 0.722 bits per heavy atom. The number of nitrogens with zero attached hydrogens (tertiary/aromatic N) is 2. The molecule has 2 atom stereocenters. The molecule has 4 heterocycles. The number of amides is 8. The molecule has 2 aromatic carbocycles. The summed E-state index contributed by atoms with van der Waals surface area (Å²) in [7, 11) is 0. The number of fused-ring (bicyclic) bond motifs is 2. The van der Waals surface area contributed by atoms with Crippen LogP contribution in [0, 0.1) is 63.2 Å². The van der Waals surface area contributed by atoms with Crippen LogP contribution in [0.1, 0.15) is 133 Å². The fourth-order valence-corrected chi connectivity index (χ4v) is 7.50. The number of nitrogens with two attached hydrogens (primary N) is 2. The van der Waals surface area contributed by atoms with Crippen LogP contribution in [0.25, 0.3) is 0 Å². The number of piperidine rings is 2. The first-order valence-corrected chi connectivity index (χ1v) is 17.6. The van der Waals surface area contributed by atoms with Gasteiger partial charge in [0.2, 0.25) is 23.6 Å². The Kier molecular flexibility index (Phi) is 8.25. The monoisotopic (exact) mass is 744 g/mol. The molecule has 0 radical (unpaired) electrons. The molecule has 2 fully saturated rings. The van der Waals surface area contributed by atoms with E-state index >= 15 is 0 Å². The molecule has 0 spiro atoms. The van der Waals surface area contributed by atoms with Crippen molar-refractivity contribution in [3.63, 3.8) is 0 Å². The lowest BCUT2D eigenvalue weighted by Crippen LogP contribution is -2.68. The number of anilines is 2. The third-order valence-electron chi connectivity index (χ3n) is 13.3. The molecule has 0 bridgehead atoms. The summed E-state index contributed by atoms with van der Waals surface area (Å²) < 4.78 is 18.1. The Hall–Kier alpha value is -5.40. The van der Waals surface area contributed by atoms with Crippen molar-refractivity contribution >= 4 is 58.6 Å². The number of hydrogen-bond donors (Lipinski definition) is 4. The summed E-state index contributed by atoms with van der Waals surface area (Å²) in [5.41, 5.74) is 11.9. The van der Waals surface area contributed by atoms with Gasteiger partial charge in [-0.2, -0.15) is 0 Å². The minimum atomic E-state index is -2.32. The van der Waals surface area contributed by atoms with Gasteiger partial charge in [-0.1, -0.05) is 55.4 Å². The van der Waals surface area contributed by atoms with Crippen molar-refractivity contribution < 1.29 is 41.1 Å². The topological polar surface area (TPSA) is 219 Å². The van der Waals surface area contributed by atoms with Crippen LogP contribution in [0.15, 0.2) is 0 Å². The number of benzene rings is 2. The molecule has 2 aromatic rings. The zero-order chi connectivity index (χ0) is 43.1. The Bertz CT molecular complexity index is 2060. The van der Waals surface area contributed by atoms with E-state index in [1.807, 2.05) is 0 Å². The summed E-state index contributed by atoms with van der Waals surface area (Å²) >= 11 is 0. The van der Waals surface area contributed by atoms with Crippen LogP contribution < -0.4 is 22.1 Å². The highest BCUT2D eigenvalue weighted by molar-refractivity contribution is 6.27. The second-order valence-corrected chi connectivity index (χ2v) is 16.7. The molecule has 0 saturated carbocycles.